The minimum Gasteiger partial charge on any atom is -0.483 e. The Balaban J connectivity index is 0.000000660. The van der Waals surface area contributed by atoms with E-state index in [1.165, 1.54) is 10.8 Å². The topological polar surface area (TPSA) is 123 Å². The Morgan fingerprint density at radius 2 is 1.61 bits per heavy atom. The summed E-state index contributed by atoms with van der Waals surface area (Å²) in [5, 5.41) is 7.71. The number of methoxy groups -OCH3 is 1. The maximum Gasteiger partial charge on any atom is 0.410 e. The highest BCUT2D eigenvalue weighted by Gasteiger charge is 2.26. The number of benzene rings is 1. The fourth-order valence-corrected chi connectivity index (χ4v) is 4.67. The number of carbonyl (C=O) groups is 3. The highest BCUT2D eigenvalue weighted by molar-refractivity contribution is 7.92. The number of rotatable bonds is 5. The summed E-state index contributed by atoms with van der Waals surface area (Å²) < 4.78 is 26.0. The predicted molar refractivity (Wildman–Crippen MR) is 171 cm³/mol. The van der Waals surface area contributed by atoms with Gasteiger partial charge in [-0.2, -0.15) is 0 Å². The van der Waals surface area contributed by atoms with Crippen LogP contribution in [0, 0.1) is 6.92 Å². The average Bonchev–Trinajstić information content (AvgIpc) is 3.31. The molecule has 0 bridgehead atoms. The Bertz CT molecular complexity index is 1480. The standard InChI is InChI=1S/C25H29FN4O4S.C5H12O.CH2O2/c1-17-11-20(23(32)30(14-17)35-26)22-13-19-12-18(5-6-21(19)29(22)16-31)15-27-7-9-28(10-8-27)24(33)34-25(2,3)4;1-5(2,3)6-4;2-1-3/h5-6,11-14,16H,7-10,15H2,1-4H3;1-4H3;1H,(H,2,3). The van der Waals surface area contributed by atoms with E-state index in [1.54, 1.807) is 31.1 Å². The first kappa shape index (κ1) is 36.5. The van der Waals surface area contributed by atoms with Crippen LogP contribution in [0.15, 0.2) is 41.3 Å². The van der Waals surface area contributed by atoms with Crippen molar-refractivity contribution in [1.29, 1.82) is 0 Å². The third kappa shape index (κ3) is 10.5. The molecule has 1 N–H and O–H groups in total. The quantitative estimate of drug-likeness (QED) is 0.369. The zero-order chi connectivity index (χ0) is 33.2. The van der Waals surface area contributed by atoms with E-state index < -0.39 is 11.2 Å². The third-order valence-corrected chi connectivity index (χ3v) is 6.94. The van der Waals surface area contributed by atoms with Gasteiger partial charge in [-0.25, -0.2) is 8.77 Å². The van der Waals surface area contributed by atoms with Crippen LogP contribution >= 0.6 is 12.3 Å². The van der Waals surface area contributed by atoms with Gasteiger partial charge in [0, 0.05) is 51.4 Å². The first-order valence-corrected chi connectivity index (χ1v) is 14.7. The monoisotopic (exact) mass is 634 g/mol. The van der Waals surface area contributed by atoms with E-state index in [2.05, 4.69) is 4.90 Å². The van der Waals surface area contributed by atoms with Crippen molar-refractivity contribution >= 4 is 42.2 Å². The van der Waals surface area contributed by atoms with E-state index in [4.69, 9.17) is 19.4 Å². The summed E-state index contributed by atoms with van der Waals surface area (Å²) >= 11 is -0.166. The summed E-state index contributed by atoms with van der Waals surface area (Å²) in [4.78, 5) is 49.3. The average molecular weight is 635 g/mol. The van der Waals surface area contributed by atoms with Crippen LogP contribution < -0.4 is 5.56 Å². The summed E-state index contributed by atoms with van der Waals surface area (Å²) in [6.07, 6.45) is 1.80. The smallest absolute Gasteiger partial charge is 0.410 e. The molecule has 11 nitrogen and oxygen atoms in total. The van der Waals surface area contributed by atoms with Gasteiger partial charge in [-0.05, 0) is 83.9 Å². The maximum atomic E-state index is 13.2. The largest absolute Gasteiger partial charge is 0.483 e. The molecule has 1 aliphatic rings. The summed E-state index contributed by atoms with van der Waals surface area (Å²) in [6.45, 7) is 16.5. The molecule has 1 saturated heterocycles. The second-order valence-corrected chi connectivity index (χ2v) is 12.7. The van der Waals surface area contributed by atoms with Gasteiger partial charge in [0.15, 0.2) is 12.3 Å². The Morgan fingerprint density at radius 3 is 2.11 bits per heavy atom. The number of nitrogens with zero attached hydrogens (tertiary/aromatic N) is 4. The molecule has 0 atom stereocenters. The molecule has 242 valence electrons. The molecular weight excluding hydrogens is 591 g/mol. The van der Waals surface area contributed by atoms with Gasteiger partial charge in [0.05, 0.1) is 22.4 Å². The number of carboxylic acid groups (broad SMARTS) is 1. The molecule has 3 aromatic rings. The third-order valence-electron chi connectivity index (χ3n) is 6.52. The molecule has 1 aromatic carbocycles. The number of aromatic nitrogens is 2. The van der Waals surface area contributed by atoms with Crippen molar-refractivity contribution in [1.82, 2.24) is 18.3 Å². The van der Waals surface area contributed by atoms with Crippen LogP contribution in [-0.2, 0) is 25.6 Å². The molecule has 13 heteroatoms. The van der Waals surface area contributed by atoms with E-state index in [1.807, 2.05) is 59.7 Å². The lowest BCUT2D eigenvalue weighted by atomic mass is 10.1. The minimum absolute atomic E-state index is 0.0417. The molecule has 1 aliphatic heterocycles. The number of halogens is 1. The molecule has 1 fully saturated rings. The van der Waals surface area contributed by atoms with Crippen LogP contribution in [0.5, 0.6) is 0 Å². The number of pyridine rings is 1. The Labute approximate surface area is 262 Å². The lowest BCUT2D eigenvalue weighted by molar-refractivity contribution is -0.122. The predicted octanol–water partition coefficient (Wildman–Crippen LogP) is 5.38. The molecule has 44 heavy (non-hydrogen) atoms. The zero-order valence-electron chi connectivity index (χ0n) is 26.6. The normalized spacial score (nSPS) is 13.8. The van der Waals surface area contributed by atoms with E-state index in [0.717, 1.165) is 28.0 Å². The SMILES string of the molecule is COC(C)(C)C.Cc1cc(-c2cc3cc(CN4CCN(C(=O)OC(C)(C)C)CC4)ccc3n2C=O)c(=O)n(SF)c1.O=CO. The molecule has 0 unspecified atom stereocenters. The summed E-state index contributed by atoms with van der Waals surface area (Å²) in [7, 11) is 1.71. The van der Waals surface area contributed by atoms with Gasteiger partial charge < -0.3 is 19.5 Å². The van der Waals surface area contributed by atoms with Gasteiger partial charge in [0.1, 0.15) is 5.60 Å². The number of hydrogen-bond acceptors (Lipinski definition) is 8. The second kappa shape index (κ2) is 15.9. The summed E-state index contributed by atoms with van der Waals surface area (Å²) in [5.74, 6) is 0. The summed E-state index contributed by atoms with van der Waals surface area (Å²) in [5.41, 5.74) is 2.13. The number of carbonyl (C=O) groups excluding carboxylic acids is 2. The molecule has 2 aromatic heterocycles. The maximum absolute atomic E-state index is 13.2. The fourth-order valence-electron chi connectivity index (χ4n) is 4.30. The lowest BCUT2D eigenvalue weighted by Gasteiger charge is -2.35. The highest BCUT2D eigenvalue weighted by atomic mass is 32.2. The van der Waals surface area contributed by atoms with Crippen molar-refractivity contribution in [3.05, 3.63) is 58.0 Å². The van der Waals surface area contributed by atoms with Crippen molar-refractivity contribution in [2.24, 2.45) is 0 Å². The Morgan fingerprint density at radius 1 is 1.02 bits per heavy atom. The number of amides is 1. The van der Waals surface area contributed by atoms with Crippen LogP contribution in [0.4, 0.5) is 8.68 Å². The van der Waals surface area contributed by atoms with Crippen molar-refractivity contribution in [2.75, 3.05) is 33.3 Å². The van der Waals surface area contributed by atoms with Gasteiger partial charge in [-0.15, -0.1) is 3.89 Å². The molecule has 3 heterocycles. The second-order valence-electron chi connectivity index (χ2n) is 12.2. The summed E-state index contributed by atoms with van der Waals surface area (Å²) in [6, 6.07) is 9.26. The van der Waals surface area contributed by atoms with E-state index in [0.29, 0.717) is 42.8 Å². The van der Waals surface area contributed by atoms with Crippen LogP contribution in [0.25, 0.3) is 22.2 Å². The molecule has 1 amide bonds. The molecule has 0 aliphatic carbocycles. The molecule has 0 radical (unpaired) electrons. The van der Waals surface area contributed by atoms with Crippen molar-refractivity contribution < 1.29 is 32.8 Å². The van der Waals surface area contributed by atoms with Gasteiger partial charge in [-0.1, -0.05) is 6.07 Å². The Hall–Kier alpha value is -3.68. The molecule has 0 spiro atoms. The lowest BCUT2D eigenvalue weighted by Crippen LogP contribution is -2.49. The van der Waals surface area contributed by atoms with Crippen LogP contribution in [0.3, 0.4) is 0 Å². The zero-order valence-corrected chi connectivity index (χ0v) is 27.4. The van der Waals surface area contributed by atoms with Gasteiger partial charge in [0.2, 0.25) is 6.41 Å². The van der Waals surface area contributed by atoms with Crippen LogP contribution in [-0.4, -0.2) is 86.9 Å². The van der Waals surface area contributed by atoms with E-state index in [9.17, 15) is 18.3 Å². The van der Waals surface area contributed by atoms with Crippen LogP contribution in [0.1, 0.15) is 52.7 Å². The van der Waals surface area contributed by atoms with Crippen molar-refractivity contribution in [3.8, 4) is 11.3 Å². The number of piperazine rings is 1. The number of ether oxygens (including phenoxy) is 2. The van der Waals surface area contributed by atoms with Gasteiger partial charge >= 0.3 is 6.09 Å². The molecule has 0 saturated carbocycles. The molecule has 4 rings (SSSR count). The van der Waals surface area contributed by atoms with E-state index in [-0.39, 0.29) is 36.1 Å². The van der Waals surface area contributed by atoms with Gasteiger partial charge in [0.25, 0.3) is 12.0 Å². The fraction of sp³-hybridized carbons (Fsp3) is 0.484. The highest BCUT2D eigenvalue weighted by Crippen LogP contribution is 2.28. The van der Waals surface area contributed by atoms with Crippen molar-refractivity contribution in [3.63, 3.8) is 0 Å². The number of fused-ring (bicyclic) bond motifs is 1. The number of aryl methyl sites for hydroxylation is 1. The van der Waals surface area contributed by atoms with Gasteiger partial charge in [-0.3, -0.25) is 23.9 Å². The number of hydrogen-bond donors (Lipinski definition) is 1. The van der Waals surface area contributed by atoms with E-state index >= 15 is 0 Å². The van der Waals surface area contributed by atoms with Crippen molar-refractivity contribution in [2.45, 2.75) is 66.2 Å². The minimum atomic E-state index is -0.517. The van der Waals surface area contributed by atoms with Crippen LogP contribution in [0.2, 0.25) is 0 Å². The Kier molecular flexibility index (Phi) is 13.2. The first-order chi connectivity index (χ1) is 20.6. The first-order valence-electron chi connectivity index (χ1n) is 14.0. The molecular formula is C31H43FN4O7S.